The van der Waals surface area contributed by atoms with Gasteiger partial charge in [0.25, 0.3) is 18.5 Å². The van der Waals surface area contributed by atoms with E-state index in [1.165, 1.54) is 0 Å². The lowest BCUT2D eigenvalue weighted by Gasteiger charge is -2.12. The Hall–Kier alpha value is 0.01000. The van der Waals surface area contributed by atoms with Gasteiger partial charge >= 0.3 is 0 Å². The van der Waals surface area contributed by atoms with E-state index in [9.17, 15) is 26.3 Å². The Bertz CT molecular complexity index is 74.0. The molecule has 0 atom stereocenters. The summed E-state index contributed by atoms with van der Waals surface area (Å²) in [5.74, 6) is 0. The first kappa shape index (κ1) is 10.0. The molecular weight excluding hydrogens is 181 g/mol. The van der Waals surface area contributed by atoms with Gasteiger partial charge in [0, 0.05) is 0 Å². The van der Waals surface area contributed by atoms with Crippen LogP contribution in [0.5, 0.6) is 0 Å². The molecule has 0 aromatic carbocycles. The third-order valence-electron chi connectivity index (χ3n) is 0.676. The summed E-state index contributed by atoms with van der Waals surface area (Å²) in [6.07, 6.45) is -10.8. The second kappa shape index (κ2) is 4.01. The first-order valence-corrected chi connectivity index (χ1v) is 3.63. The fourth-order valence-electron chi connectivity index (χ4n) is 0.256. The van der Waals surface area contributed by atoms with Crippen molar-refractivity contribution in [1.29, 1.82) is 0 Å². The lowest BCUT2D eigenvalue weighted by molar-refractivity contribution is 0.167. The fourth-order valence-corrected chi connectivity index (χ4v) is 0.767. The Morgan fingerprint density at radius 2 is 0.800 bits per heavy atom. The molecule has 62 valence electrons. The lowest BCUT2D eigenvalue weighted by atomic mass is 11.6. The summed E-state index contributed by atoms with van der Waals surface area (Å²) in [6.45, 7) is 0. The first-order valence-electron chi connectivity index (χ1n) is 2.08. The fraction of sp³-hybridized carbons (Fsp3) is 1.00. The average molecular weight is 184 g/mol. The van der Waals surface area contributed by atoms with Gasteiger partial charge in [-0.25, -0.2) is 26.3 Å². The van der Waals surface area contributed by atoms with E-state index in [0.29, 0.717) is 0 Å². The minimum Gasteiger partial charge on any atom is -0.205 e. The predicted octanol–water partition coefficient (Wildman–Crippen LogP) is 3.14. The maximum atomic E-state index is 11.3. The van der Waals surface area contributed by atoms with Gasteiger partial charge in [-0.1, -0.05) is 0 Å². The molecule has 0 N–H and O–H groups in total. The zero-order chi connectivity index (χ0) is 8.31. The quantitative estimate of drug-likeness (QED) is 0.466. The Morgan fingerprint density at radius 1 is 0.600 bits per heavy atom. The van der Waals surface area contributed by atoms with Crippen molar-refractivity contribution in [3.8, 4) is 0 Å². The van der Waals surface area contributed by atoms with Gasteiger partial charge in [0.1, 0.15) is 7.92 Å². The maximum absolute atomic E-state index is 11.3. The standard InChI is InChI=1S/C3H3F6P/c4-1(5)10(2(6)7)3(8)9/h1-3H. The third-order valence-corrected chi connectivity index (χ3v) is 2.03. The molecule has 0 spiro atoms. The van der Waals surface area contributed by atoms with Crippen LogP contribution < -0.4 is 0 Å². The van der Waals surface area contributed by atoms with Crippen molar-refractivity contribution in [2.75, 3.05) is 0 Å². The van der Waals surface area contributed by atoms with Crippen LogP contribution in [0.25, 0.3) is 0 Å². The molecular formula is C3H3F6P. The summed E-state index contributed by atoms with van der Waals surface area (Å²) >= 11 is 0. The molecule has 7 heteroatoms. The molecule has 0 saturated heterocycles. The Balaban J connectivity index is 3.98. The van der Waals surface area contributed by atoms with Gasteiger partial charge < -0.3 is 0 Å². The Morgan fingerprint density at radius 3 is 0.800 bits per heavy atom. The van der Waals surface area contributed by atoms with Crippen molar-refractivity contribution in [2.45, 2.75) is 18.5 Å². The normalized spacial score (nSPS) is 12.6. The van der Waals surface area contributed by atoms with Gasteiger partial charge in [-0.05, 0) is 0 Å². The summed E-state index contributed by atoms with van der Waals surface area (Å²) < 4.78 is 67.6. The van der Waals surface area contributed by atoms with E-state index < -0.39 is 26.4 Å². The highest BCUT2D eigenvalue weighted by Gasteiger charge is 2.37. The van der Waals surface area contributed by atoms with Crippen molar-refractivity contribution < 1.29 is 26.3 Å². The van der Waals surface area contributed by atoms with Crippen LogP contribution in [0, 0.1) is 0 Å². The van der Waals surface area contributed by atoms with Crippen LogP contribution in [0.2, 0.25) is 0 Å². The number of alkyl halides is 6. The van der Waals surface area contributed by atoms with Gasteiger partial charge in [0.2, 0.25) is 0 Å². The Kier molecular flexibility index (Phi) is 4.01. The molecule has 0 fully saturated rings. The molecule has 0 radical (unpaired) electrons. The summed E-state index contributed by atoms with van der Waals surface area (Å²) in [5, 5.41) is 0. The van der Waals surface area contributed by atoms with Crippen molar-refractivity contribution in [2.24, 2.45) is 0 Å². The summed E-state index contributed by atoms with van der Waals surface area (Å²) in [7, 11) is -3.74. The zero-order valence-electron chi connectivity index (χ0n) is 4.45. The van der Waals surface area contributed by atoms with Crippen LogP contribution in [0.3, 0.4) is 0 Å². The minimum atomic E-state index is -3.74. The van der Waals surface area contributed by atoms with E-state index in [-0.39, 0.29) is 0 Å². The van der Waals surface area contributed by atoms with E-state index in [1.54, 1.807) is 0 Å². The molecule has 10 heavy (non-hydrogen) atoms. The number of hydrogen-bond donors (Lipinski definition) is 0. The van der Waals surface area contributed by atoms with Crippen LogP contribution in [-0.4, -0.2) is 18.5 Å². The molecule has 0 nitrogen and oxygen atoms in total. The highest BCUT2D eigenvalue weighted by Crippen LogP contribution is 2.54. The van der Waals surface area contributed by atoms with E-state index in [0.717, 1.165) is 0 Å². The summed E-state index contributed by atoms with van der Waals surface area (Å²) in [4.78, 5) is 0. The topological polar surface area (TPSA) is 0 Å². The number of hydrogen-bond acceptors (Lipinski definition) is 0. The van der Waals surface area contributed by atoms with Crippen LogP contribution in [0.15, 0.2) is 0 Å². The second-order valence-electron chi connectivity index (χ2n) is 1.28. The van der Waals surface area contributed by atoms with E-state index in [4.69, 9.17) is 0 Å². The van der Waals surface area contributed by atoms with Crippen LogP contribution in [-0.2, 0) is 0 Å². The monoisotopic (exact) mass is 184 g/mol. The molecule has 0 aromatic heterocycles. The molecule has 0 aliphatic rings. The Labute approximate surface area is 54.0 Å². The first-order chi connectivity index (χ1) is 4.46. The molecule has 0 bridgehead atoms. The van der Waals surface area contributed by atoms with Crippen LogP contribution in [0.1, 0.15) is 0 Å². The van der Waals surface area contributed by atoms with Gasteiger partial charge in [-0.15, -0.1) is 0 Å². The maximum Gasteiger partial charge on any atom is 0.266 e. The summed E-state index contributed by atoms with van der Waals surface area (Å²) in [5.41, 5.74) is 0. The molecule has 0 amide bonds. The largest absolute Gasteiger partial charge is 0.266 e. The summed E-state index contributed by atoms with van der Waals surface area (Å²) in [6, 6.07) is 0. The van der Waals surface area contributed by atoms with Gasteiger partial charge in [0.15, 0.2) is 0 Å². The predicted molar refractivity (Wildman–Crippen MR) is 24.9 cm³/mol. The van der Waals surface area contributed by atoms with Crippen molar-refractivity contribution in [1.82, 2.24) is 0 Å². The molecule has 0 aromatic rings. The molecule has 0 aliphatic carbocycles. The van der Waals surface area contributed by atoms with Crippen LogP contribution in [0.4, 0.5) is 26.3 Å². The van der Waals surface area contributed by atoms with E-state index >= 15 is 0 Å². The lowest BCUT2D eigenvalue weighted by Crippen LogP contribution is -2.05. The zero-order valence-corrected chi connectivity index (χ0v) is 5.34. The minimum absolute atomic E-state index is 3.60. The van der Waals surface area contributed by atoms with E-state index in [1.807, 2.05) is 0 Å². The molecule has 0 unspecified atom stereocenters. The highest BCUT2D eigenvalue weighted by atomic mass is 31.1. The third kappa shape index (κ3) is 2.73. The SMILES string of the molecule is FC(F)P(C(F)F)C(F)F. The second-order valence-corrected chi connectivity index (χ2v) is 3.35. The van der Waals surface area contributed by atoms with Crippen molar-refractivity contribution in [3.63, 3.8) is 0 Å². The number of rotatable bonds is 3. The molecule has 0 aliphatic heterocycles. The van der Waals surface area contributed by atoms with Crippen LogP contribution >= 0.6 is 7.92 Å². The highest BCUT2D eigenvalue weighted by molar-refractivity contribution is 7.58. The van der Waals surface area contributed by atoms with E-state index in [2.05, 4.69) is 0 Å². The molecule has 0 saturated carbocycles. The smallest absolute Gasteiger partial charge is 0.205 e. The van der Waals surface area contributed by atoms with Gasteiger partial charge in [-0.2, -0.15) is 0 Å². The van der Waals surface area contributed by atoms with Crippen molar-refractivity contribution in [3.05, 3.63) is 0 Å². The van der Waals surface area contributed by atoms with Gasteiger partial charge in [0.05, 0.1) is 0 Å². The van der Waals surface area contributed by atoms with Crippen molar-refractivity contribution >= 4 is 7.92 Å². The van der Waals surface area contributed by atoms with Gasteiger partial charge in [-0.3, -0.25) is 0 Å². The molecule has 0 rings (SSSR count). The average Bonchev–Trinajstić information content (AvgIpc) is 1.59. The number of halogens is 6. The molecule has 0 heterocycles.